The number of hydrogen-bond acceptors (Lipinski definition) is 7. The lowest BCUT2D eigenvalue weighted by Crippen LogP contribution is -2.32. The number of aliphatic carboxylic acids is 1. The third-order valence-electron chi connectivity index (χ3n) is 7.87. The molecule has 0 saturated carbocycles. The van der Waals surface area contributed by atoms with Crippen LogP contribution >= 0.6 is 22.9 Å². The first-order valence-corrected chi connectivity index (χ1v) is 14.8. The lowest BCUT2D eigenvalue weighted by atomic mass is 9.84. The summed E-state index contributed by atoms with van der Waals surface area (Å²) in [6, 6.07) is 11.4. The molecule has 11 heteroatoms. The Balaban J connectivity index is 1.44. The Kier molecular flexibility index (Phi) is 7.31. The minimum absolute atomic E-state index is 0.0209. The number of carboxylic acid groups (broad SMARTS) is 1. The van der Waals surface area contributed by atoms with E-state index in [0.717, 1.165) is 50.0 Å². The summed E-state index contributed by atoms with van der Waals surface area (Å²) in [5.41, 5.74) is 5.70. The van der Waals surface area contributed by atoms with E-state index >= 15 is 0 Å². The summed E-state index contributed by atoms with van der Waals surface area (Å²) in [5, 5.41) is 22.0. The van der Waals surface area contributed by atoms with E-state index in [2.05, 4.69) is 50.7 Å². The molecule has 2 N–H and O–H groups in total. The van der Waals surface area contributed by atoms with Crippen molar-refractivity contribution in [1.29, 1.82) is 0 Å². The van der Waals surface area contributed by atoms with Gasteiger partial charge in [-0.3, -0.25) is 14.5 Å². The Morgan fingerprint density at radius 2 is 2.12 bits per heavy atom. The van der Waals surface area contributed by atoms with Gasteiger partial charge in [0.2, 0.25) is 5.56 Å². The van der Waals surface area contributed by atoms with Gasteiger partial charge in [-0.15, -0.1) is 16.4 Å². The van der Waals surface area contributed by atoms with Crippen LogP contribution in [-0.2, 0) is 24.9 Å². The Hall–Kier alpha value is -3.73. The molecule has 0 bridgehead atoms. The van der Waals surface area contributed by atoms with Crippen molar-refractivity contribution in [3.05, 3.63) is 85.1 Å². The molecule has 4 heterocycles. The first-order valence-electron chi connectivity index (χ1n) is 13.5. The predicted molar refractivity (Wildman–Crippen MR) is 160 cm³/mol. The van der Waals surface area contributed by atoms with Crippen molar-refractivity contribution in [2.24, 2.45) is 7.05 Å². The molecule has 0 saturated heterocycles. The van der Waals surface area contributed by atoms with Gasteiger partial charge < -0.3 is 14.8 Å². The number of aromatic amines is 1. The van der Waals surface area contributed by atoms with Crippen LogP contribution in [0.1, 0.15) is 53.6 Å². The zero-order chi connectivity index (χ0) is 28.8. The Morgan fingerprint density at radius 1 is 1.29 bits per heavy atom. The summed E-state index contributed by atoms with van der Waals surface area (Å²) < 4.78 is 9.02. The van der Waals surface area contributed by atoms with Crippen molar-refractivity contribution in [3.63, 3.8) is 0 Å². The number of nitrogens with one attached hydrogen (secondary N) is 1. The number of aryl methyl sites for hydroxylation is 2. The maximum absolute atomic E-state index is 12.2. The Bertz CT molecular complexity index is 1840. The Morgan fingerprint density at radius 3 is 2.90 bits per heavy atom. The highest BCUT2D eigenvalue weighted by Gasteiger charge is 2.27. The van der Waals surface area contributed by atoms with E-state index in [-0.39, 0.29) is 18.1 Å². The number of ether oxygens (including phenoxy) is 1. The van der Waals surface area contributed by atoms with E-state index in [1.54, 1.807) is 29.1 Å². The van der Waals surface area contributed by atoms with Gasteiger partial charge in [-0.25, -0.2) is 4.68 Å². The van der Waals surface area contributed by atoms with Crippen molar-refractivity contribution in [2.45, 2.75) is 51.8 Å². The number of carboxylic acids is 1. The van der Waals surface area contributed by atoms with E-state index in [0.29, 0.717) is 35.9 Å². The van der Waals surface area contributed by atoms with Crippen LogP contribution < -0.4 is 10.3 Å². The first-order chi connectivity index (χ1) is 19.7. The lowest BCUT2D eigenvalue weighted by molar-refractivity contribution is -0.137. The monoisotopic (exact) mass is 591 g/mol. The van der Waals surface area contributed by atoms with Crippen molar-refractivity contribution in [1.82, 2.24) is 24.9 Å². The number of rotatable bonds is 7. The molecule has 0 radical (unpaired) electrons. The molecule has 3 aromatic heterocycles. The minimum Gasteiger partial charge on any atom is -0.487 e. The lowest BCUT2D eigenvalue weighted by Gasteiger charge is -2.25. The van der Waals surface area contributed by atoms with Crippen LogP contribution in [-0.4, -0.2) is 48.6 Å². The highest BCUT2D eigenvalue weighted by Crippen LogP contribution is 2.39. The maximum Gasteiger partial charge on any atom is 0.304 e. The van der Waals surface area contributed by atoms with Gasteiger partial charge in [-0.2, -0.15) is 0 Å². The molecule has 212 valence electrons. The minimum atomic E-state index is -0.896. The fourth-order valence-electron chi connectivity index (χ4n) is 5.87. The van der Waals surface area contributed by atoms with Crippen LogP contribution in [0.5, 0.6) is 5.75 Å². The van der Waals surface area contributed by atoms with Gasteiger partial charge in [-0.05, 0) is 70.6 Å². The molecule has 0 unspecified atom stereocenters. The average molecular weight is 592 g/mol. The molecular formula is C30H30ClN5O4S. The quantitative estimate of drug-likeness (QED) is 0.253. The van der Waals surface area contributed by atoms with E-state index in [1.807, 2.05) is 13.0 Å². The third-order valence-corrected chi connectivity index (χ3v) is 9.17. The van der Waals surface area contributed by atoms with Crippen molar-refractivity contribution in [2.75, 3.05) is 6.54 Å². The zero-order valence-electron chi connectivity index (χ0n) is 23.0. The van der Waals surface area contributed by atoms with Gasteiger partial charge in [-0.1, -0.05) is 29.8 Å². The number of hydrogen-bond donors (Lipinski definition) is 2. The second kappa shape index (κ2) is 10.9. The van der Waals surface area contributed by atoms with Gasteiger partial charge in [0.25, 0.3) is 0 Å². The van der Waals surface area contributed by atoms with Gasteiger partial charge in [0.1, 0.15) is 22.9 Å². The van der Waals surface area contributed by atoms with Crippen molar-refractivity contribution < 1.29 is 14.6 Å². The molecule has 2 aromatic carbocycles. The molecule has 9 nitrogen and oxygen atoms in total. The summed E-state index contributed by atoms with van der Waals surface area (Å²) in [4.78, 5) is 29.5. The van der Waals surface area contributed by atoms with Crippen molar-refractivity contribution in [3.8, 4) is 5.75 Å². The number of thiophene rings is 1. The van der Waals surface area contributed by atoms with Crippen LogP contribution in [0, 0.1) is 6.92 Å². The number of pyridine rings is 1. The highest BCUT2D eigenvalue weighted by molar-refractivity contribution is 7.17. The number of benzene rings is 2. The van der Waals surface area contributed by atoms with E-state index in [4.69, 9.17) is 16.3 Å². The molecule has 2 atom stereocenters. The standard InChI is InChI=1S/C30H30ClN5O4S/c1-4-20-14-36(15-24-25(40-20)5-6-26(37)32-24)13-19-10-18(9-17-7-8-41-30(17)19)22(12-27(38)39)21-11-23(31)29-28(16(21)2)33-34-35(29)3/h5-11,20,22H,4,12-15H2,1-3H3,(H,32,37)(H,38,39)/t20-,22-/m1/s1. The number of carbonyl (C=O) groups is 1. The molecule has 0 fully saturated rings. The van der Waals surface area contributed by atoms with Gasteiger partial charge in [0.05, 0.1) is 17.1 Å². The summed E-state index contributed by atoms with van der Waals surface area (Å²) in [7, 11) is 1.79. The second-order valence-corrected chi connectivity index (χ2v) is 12.0. The molecule has 5 aromatic rings. The van der Waals surface area contributed by atoms with Crippen LogP contribution in [0.4, 0.5) is 0 Å². The van der Waals surface area contributed by atoms with Gasteiger partial charge in [0, 0.05) is 43.4 Å². The van der Waals surface area contributed by atoms with E-state index in [9.17, 15) is 14.7 Å². The largest absolute Gasteiger partial charge is 0.487 e. The molecule has 6 rings (SSSR count). The van der Waals surface area contributed by atoms with Crippen LogP contribution in [0.2, 0.25) is 5.02 Å². The third kappa shape index (κ3) is 5.23. The molecule has 1 aliphatic rings. The SMILES string of the molecule is CC[C@@H]1CN(Cc2cc([C@@H](CC(=O)O)c3cc(Cl)c4c(nnn4C)c3C)cc3ccsc23)Cc2[nH]c(=O)ccc2O1. The first kappa shape index (κ1) is 27.4. The Labute approximate surface area is 245 Å². The summed E-state index contributed by atoms with van der Waals surface area (Å²) in [6.07, 6.45) is 0.712. The molecule has 41 heavy (non-hydrogen) atoms. The number of nitrogens with zero attached hydrogens (tertiary/aromatic N) is 4. The average Bonchev–Trinajstić information content (AvgIpc) is 3.53. The summed E-state index contributed by atoms with van der Waals surface area (Å²) in [6.45, 7) is 5.89. The van der Waals surface area contributed by atoms with E-state index in [1.165, 1.54) is 6.07 Å². The number of halogens is 1. The van der Waals surface area contributed by atoms with Crippen LogP contribution in [0.3, 0.4) is 0 Å². The predicted octanol–water partition coefficient (Wildman–Crippen LogP) is 5.61. The molecule has 1 aliphatic heterocycles. The molecular weight excluding hydrogens is 562 g/mol. The van der Waals surface area contributed by atoms with Crippen LogP contribution in [0.15, 0.2) is 46.6 Å². The fourth-order valence-corrected chi connectivity index (χ4v) is 7.09. The maximum atomic E-state index is 12.2. The smallest absolute Gasteiger partial charge is 0.304 e. The highest BCUT2D eigenvalue weighted by atomic mass is 35.5. The summed E-state index contributed by atoms with van der Waals surface area (Å²) >= 11 is 8.36. The number of fused-ring (bicyclic) bond motifs is 3. The van der Waals surface area contributed by atoms with E-state index < -0.39 is 11.9 Å². The van der Waals surface area contributed by atoms with Crippen molar-refractivity contribution >= 4 is 50.0 Å². The summed E-state index contributed by atoms with van der Waals surface area (Å²) in [5.74, 6) is -0.623. The second-order valence-electron chi connectivity index (χ2n) is 10.6. The molecule has 0 spiro atoms. The molecule has 0 aliphatic carbocycles. The van der Waals surface area contributed by atoms with Gasteiger partial charge >= 0.3 is 5.97 Å². The van der Waals surface area contributed by atoms with Crippen LogP contribution in [0.25, 0.3) is 21.1 Å². The number of H-pyrrole nitrogens is 1. The molecule has 0 amide bonds. The topological polar surface area (TPSA) is 113 Å². The number of aromatic nitrogens is 4. The zero-order valence-corrected chi connectivity index (χ0v) is 24.6. The fraction of sp³-hybridized carbons (Fsp3) is 0.333. The van der Waals surface area contributed by atoms with Gasteiger partial charge in [0.15, 0.2) is 0 Å². The normalized spacial score (nSPS) is 16.4.